The maximum Gasteiger partial charge on any atom is -0.00367 e. The van der Waals surface area contributed by atoms with Gasteiger partial charge >= 0.3 is 0 Å². The fourth-order valence-electron chi connectivity index (χ4n) is 1.50. The first-order valence-corrected chi connectivity index (χ1v) is 4.60. The molecule has 1 rings (SSSR count). The lowest BCUT2D eigenvalue weighted by Gasteiger charge is -2.06. The Labute approximate surface area is 80.3 Å². The van der Waals surface area contributed by atoms with Crippen LogP contribution in [0.2, 0.25) is 0 Å². The van der Waals surface area contributed by atoms with Crippen molar-refractivity contribution in [3.05, 3.63) is 41.5 Å². The van der Waals surface area contributed by atoms with Crippen LogP contribution in [0.25, 0.3) is 5.57 Å². The summed E-state index contributed by atoms with van der Waals surface area (Å²) in [5, 5.41) is 0. The second-order valence-electron chi connectivity index (χ2n) is 3.52. The first kappa shape index (κ1) is 10.0. The highest BCUT2D eigenvalue weighted by atomic mass is 14.5. The van der Waals surface area contributed by atoms with Crippen LogP contribution in [0.5, 0.6) is 0 Å². The van der Waals surface area contributed by atoms with Crippen LogP contribution in [-0.2, 0) is 0 Å². The van der Waals surface area contributed by atoms with Gasteiger partial charge in [0.1, 0.15) is 0 Å². The Bertz CT molecular complexity index is 293. The van der Waals surface area contributed by atoms with Gasteiger partial charge in [-0.15, -0.1) is 0 Å². The summed E-state index contributed by atoms with van der Waals surface area (Å²) >= 11 is 0. The third kappa shape index (κ3) is 2.71. The van der Waals surface area contributed by atoms with E-state index in [1.165, 1.54) is 16.7 Å². The Morgan fingerprint density at radius 1 is 1.23 bits per heavy atom. The van der Waals surface area contributed by atoms with Gasteiger partial charge in [-0.1, -0.05) is 35.9 Å². The Hall–Kier alpha value is -1.08. The molecule has 0 aromatic heterocycles. The predicted octanol–water partition coefficient (Wildman–Crippen LogP) is 2.67. The summed E-state index contributed by atoms with van der Waals surface area (Å²) in [4.78, 5) is 0. The van der Waals surface area contributed by atoms with Crippen molar-refractivity contribution in [2.24, 2.45) is 5.73 Å². The van der Waals surface area contributed by atoms with E-state index >= 15 is 0 Å². The molecule has 0 radical (unpaired) electrons. The summed E-state index contributed by atoms with van der Waals surface area (Å²) in [7, 11) is 0. The molecule has 0 aliphatic rings. The fourth-order valence-corrected chi connectivity index (χ4v) is 1.50. The van der Waals surface area contributed by atoms with Crippen LogP contribution in [0, 0.1) is 13.8 Å². The SMILES string of the molecule is C=C(CCN)c1cc(C)cc(C)c1. The lowest BCUT2D eigenvalue weighted by molar-refractivity contribution is 1.02. The fraction of sp³-hybridized carbons (Fsp3) is 0.333. The lowest BCUT2D eigenvalue weighted by atomic mass is 10.00. The van der Waals surface area contributed by atoms with Crippen molar-refractivity contribution < 1.29 is 0 Å². The molecule has 0 unspecified atom stereocenters. The molecule has 1 aromatic rings. The van der Waals surface area contributed by atoms with Gasteiger partial charge in [-0.25, -0.2) is 0 Å². The normalized spacial score (nSPS) is 10.1. The van der Waals surface area contributed by atoms with E-state index in [-0.39, 0.29) is 0 Å². The largest absolute Gasteiger partial charge is 0.330 e. The molecular formula is C12H17N. The number of rotatable bonds is 3. The van der Waals surface area contributed by atoms with Crippen molar-refractivity contribution in [3.8, 4) is 0 Å². The number of aryl methyl sites for hydroxylation is 2. The molecule has 0 heterocycles. The topological polar surface area (TPSA) is 26.0 Å². The summed E-state index contributed by atoms with van der Waals surface area (Å²) in [6.45, 7) is 8.90. The highest BCUT2D eigenvalue weighted by molar-refractivity contribution is 5.64. The molecule has 0 aliphatic carbocycles. The van der Waals surface area contributed by atoms with E-state index in [2.05, 4.69) is 38.6 Å². The molecule has 2 N–H and O–H groups in total. The zero-order chi connectivity index (χ0) is 9.84. The van der Waals surface area contributed by atoms with Gasteiger partial charge in [0.2, 0.25) is 0 Å². The van der Waals surface area contributed by atoms with Crippen LogP contribution in [0.1, 0.15) is 23.1 Å². The number of nitrogens with two attached hydrogens (primary N) is 1. The van der Waals surface area contributed by atoms with Crippen LogP contribution >= 0.6 is 0 Å². The molecule has 1 aromatic carbocycles. The average molecular weight is 175 g/mol. The van der Waals surface area contributed by atoms with Crippen LogP contribution < -0.4 is 5.73 Å². The van der Waals surface area contributed by atoms with Gasteiger partial charge in [0.15, 0.2) is 0 Å². The molecule has 0 bridgehead atoms. The first-order chi connectivity index (χ1) is 6.13. The molecule has 70 valence electrons. The minimum Gasteiger partial charge on any atom is -0.330 e. The van der Waals surface area contributed by atoms with Crippen LogP contribution in [-0.4, -0.2) is 6.54 Å². The quantitative estimate of drug-likeness (QED) is 0.751. The standard InChI is InChI=1S/C12H17N/c1-9-6-10(2)8-12(7-9)11(3)4-5-13/h6-8H,3-5,13H2,1-2H3. The van der Waals surface area contributed by atoms with Crippen molar-refractivity contribution in [1.82, 2.24) is 0 Å². The van der Waals surface area contributed by atoms with E-state index in [4.69, 9.17) is 5.73 Å². The van der Waals surface area contributed by atoms with Gasteiger partial charge in [0, 0.05) is 0 Å². The Balaban J connectivity index is 2.94. The number of hydrogen-bond acceptors (Lipinski definition) is 1. The summed E-state index contributed by atoms with van der Waals surface area (Å²) < 4.78 is 0. The Kier molecular flexibility index (Phi) is 3.26. The minimum absolute atomic E-state index is 0.672. The molecule has 0 fully saturated rings. The molecule has 1 nitrogen and oxygen atoms in total. The van der Waals surface area contributed by atoms with E-state index in [1.54, 1.807) is 0 Å². The third-order valence-electron chi connectivity index (χ3n) is 2.08. The molecule has 0 saturated carbocycles. The van der Waals surface area contributed by atoms with Gasteiger partial charge in [-0.05, 0) is 37.9 Å². The molecule has 0 aliphatic heterocycles. The van der Waals surface area contributed by atoms with E-state index in [1.807, 2.05) is 0 Å². The first-order valence-electron chi connectivity index (χ1n) is 4.60. The summed E-state index contributed by atoms with van der Waals surface area (Å²) in [5.74, 6) is 0. The minimum atomic E-state index is 0.672. The van der Waals surface area contributed by atoms with Gasteiger partial charge in [0.05, 0.1) is 0 Å². The summed E-state index contributed by atoms with van der Waals surface area (Å²) in [5.41, 5.74) is 10.4. The summed E-state index contributed by atoms with van der Waals surface area (Å²) in [6.07, 6.45) is 0.878. The van der Waals surface area contributed by atoms with Gasteiger partial charge in [-0.3, -0.25) is 0 Å². The second-order valence-corrected chi connectivity index (χ2v) is 3.52. The smallest absolute Gasteiger partial charge is 0.00367 e. The number of benzene rings is 1. The lowest BCUT2D eigenvalue weighted by Crippen LogP contribution is -1.99. The molecule has 13 heavy (non-hydrogen) atoms. The third-order valence-corrected chi connectivity index (χ3v) is 2.08. The van der Waals surface area contributed by atoms with Gasteiger partial charge in [-0.2, -0.15) is 0 Å². The monoisotopic (exact) mass is 175 g/mol. The second kappa shape index (κ2) is 4.24. The summed E-state index contributed by atoms with van der Waals surface area (Å²) in [6, 6.07) is 6.48. The molecular weight excluding hydrogens is 158 g/mol. The average Bonchev–Trinajstić information content (AvgIpc) is 2.03. The predicted molar refractivity (Wildman–Crippen MR) is 58.6 cm³/mol. The van der Waals surface area contributed by atoms with Gasteiger partial charge < -0.3 is 5.73 Å². The van der Waals surface area contributed by atoms with Crippen molar-refractivity contribution in [3.63, 3.8) is 0 Å². The molecule has 0 amide bonds. The van der Waals surface area contributed by atoms with Crippen LogP contribution in [0.3, 0.4) is 0 Å². The van der Waals surface area contributed by atoms with E-state index < -0.39 is 0 Å². The van der Waals surface area contributed by atoms with Crippen LogP contribution in [0.4, 0.5) is 0 Å². The highest BCUT2D eigenvalue weighted by Gasteiger charge is 1.99. The zero-order valence-electron chi connectivity index (χ0n) is 8.43. The van der Waals surface area contributed by atoms with Gasteiger partial charge in [0.25, 0.3) is 0 Å². The Morgan fingerprint density at radius 3 is 2.23 bits per heavy atom. The Morgan fingerprint density at radius 2 is 1.77 bits per heavy atom. The van der Waals surface area contributed by atoms with Crippen LogP contribution in [0.15, 0.2) is 24.8 Å². The number of hydrogen-bond donors (Lipinski definition) is 1. The van der Waals surface area contributed by atoms with E-state index in [0.717, 1.165) is 12.0 Å². The molecule has 0 atom stereocenters. The molecule has 0 saturated heterocycles. The maximum atomic E-state index is 5.48. The van der Waals surface area contributed by atoms with E-state index in [0.29, 0.717) is 6.54 Å². The zero-order valence-corrected chi connectivity index (χ0v) is 8.43. The molecule has 0 spiro atoms. The maximum absolute atomic E-state index is 5.48. The van der Waals surface area contributed by atoms with Crippen molar-refractivity contribution in [2.45, 2.75) is 20.3 Å². The van der Waals surface area contributed by atoms with Crippen molar-refractivity contribution in [1.29, 1.82) is 0 Å². The molecule has 1 heteroatoms. The van der Waals surface area contributed by atoms with Crippen molar-refractivity contribution >= 4 is 5.57 Å². The van der Waals surface area contributed by atoms with E-state index in [9.17, 15) is 0 Å². The highest BCUT2D eigenvalue weighted by Crippen LogP contribution is 2.18. The van der Waals surface area contributed by atoms with Crippen molar-refractivity contribution in [2.75, 3.05) is 6.54 Å².